The molecule has 1 aromatic heterocycles. The lowest BCUT2D eigenvalue weighted by Crippen LogP contribution is -2.35. The van der Waals surface area contributed by atoms with Gasteiger partial charge in [-0.25, -0.2) is 4.98 Å². The fourth-order valence-electron chi connectivity index (χ4n) is 3.95. The van der Waals surface area contributed by atoms with Crippen molar-refractivity contribution in [3.8, 4) is 0 Å². The molecule has 2 aromatic rings. The quantitative estimate of drug-likeness (QED) is 0.876. The molecular formula is C21H27N3. The normalized spacial score (nSPS) is 24.1. The largest absolute Gasteiger partial charge is 0.357 e. The van der Waals surface area contributed by atoms with Gasteiger partial charge in [0.25, 0.3) is 0 Å². The van der Waals surface area contributed by atoms with Crippen LogP contribution < -0.4 is 10.2 Å². The van der Waals surface area contributed by atoms with Gasteiger partial charge in [0.1, 0.15) is 5.82 Å². The highest BCUT2D eigenvalue weighted by Crippen LogP contribution is 2.40. The zero-order chi connectivity index (χ0) is 16.2. The lowest BCUT2D eigenvalue weighted by Gasteiger charge is -2.32. The van der Waals surface area contributed by atoms with Crippen molar-refractivity contribution in [3.63, 3.8) is 0 Å². The topological polar surface area (TPSA) is 28.2 Å². The molecule has 0 radical (unpaired) electrons. The first-order valence-electron chi connectivity index (χ1n) is 9.34. The molecule has 126 valence electrons. The molecular weight excluding hydrogens is 294 g/mol. The molecule has 1 aromatic carbocycles. The molecule has 2 heterocycles. The summed E-state index contributed by atoms with van der Waals surface area (Å²) in [5.74, 6) is 2.75. The van der Waals surface area contributed by atoms with Crippen LogP contribution >= 0.6 is 0 Å². The molecule has 2 aliphatic rings. The highest BCUT2D eigenvalue weighted by atomic mass is 15.2. The summed E-state index contributed by atoms with van der Waals surface area (Å²) >= 11 is 0. The Labute approximate surface area is 145 Å². The van der Waals surface area contributed by atoms with Crippen molar-refractivity contribution in [2.24, 2.45) is 5.92 Å². The van der Waals surface area contributed by atoms with Crippen molar-refractivity contribution >= 4 is 5.82 Å². The Balaban J connectivity index is 1.15. The molecule has 1 aliphatic carbocycles. The average molecular weight is 321 g/mol. The molecule has 1 saturated heterocycles. The van der Waals surface area contributed by atoms with Gasteiger partial charge in [-0.15, -0.1) is 0 Å². The Morgan fingerprint density at radius 1 is 1.00 bits per heavy atom. The Morgan fingerprint density at radius 3 is 2.54 bits per heavy atom. The number of rotatable bonds is 6. The standard InChI is InChI=1S/C21H27N3/c1-2-6-18(7-3-1)19-16-20(19)22-13-9-17-10-14-24(15-11-17)21-8-4-5-12-23-21/h1-8,12,17,19-20,22H,9-11,13-16H2. The predicted molar refractivity (Wildman–Crippen MR) is 99.4 cm³/mol. The van der Waals surface area contributed by atoms with E-state index < -0.39 is 0 Å². The van der Waals surface area contributed by atoms with Gasteiger partial charge in [-0.3, -0.25) is 0 Å². The van der Waals surface area contributed by atoms with E-state index in [1.807, 2.05) is 12.3 Å². The van der Waals surface area contributed by atoms with Crippen LogP contribution in [0.1, 0.15) is 37.2 Å². The second kappa shape index (κ2) is 7.35. The Bertz CT molecular complexity index is 620. The highest BCUT2D eigenvalue weighted by Gasteiger charge is 2.37. The van der Waals surface area contributed by atoms with E-state index in [-0.39, 0.29) is 0 Å². The fraction of sp³-hybridized carbons (Fsp3) is 0.476. The lowest BCUT2D eigenvalue weighted by atomic mass is 9.93. The van der Waals surface area contributed by atoms with E-state index in [9.17, 15) is 0 Å². The summed E-state index contributed by atoms with van der Waals surface area (Å²) in [4.78, 5) is 6.90. The maximum Gasteiger partial charge on any atom is 0.128 e. The van der Waals surface area contributed by atoms with Crippen LogP contribution in [0.25, 0.3) is 0 Å². The van der Waals surface area contributed by atoms with Gasteiger partial charge in [0, 0.05) is 31.2 Å². The van der Waals surface area contributed by atoms with Crippen molar-refractivity contribution in [2.75, 3.05) is 24.5 Å². The van der Waals surface area contributed by atoms with Crippen molar-refractivity contribution in [3.05, 3.63) is 60.3 Å². The summed E-state index contributed by atoms with van der Waals surface area (Å²) in [5.41, 5.74) is 1.50. The van der Waals surface area contributed by atoms with Gasteiger partial charge in [0.2, 0.25) is 0 Å². The lowest BCUT2D eigenvalue weighted by molar-refractivity contribution is 0.372. The number of benzene rings is 1. The molecule has 0 amide bonds. The van der Waals surface area contributed by atoms with Gasteiger partial charge < -0.3 is 10.2 Å². The summed E-state index contributed by atoms with van der Waals surface area (Å²) in [6.45, 7) is 3.47. The van der Waals surface area contributed by atoms with Crippen LogP contribution in [0.4, 0.5) is 5.82 Å². The molecule has 2 unspecified atom stereocenters. The first-order valence-corrected chi connectivity index (χ1v) is 9.34. The second-order valence-electron chi connectivity index (χ2n) is 7.22. The molecule has 24 heavy (non-hydrogen) atoms. The van der Waals surface area contributed by atoms with Gasteiger partial charge in [-0.1, -0.05) is 36.4 Å². The molecule has 1 aliphatic heterocycles. The minimum absolute atomic E-state index is 0.709. The van der Waals surface area contributed by atoms with Crippen molar-refractivity contribution < 1.29 is 0 Å². The van der Waals surface area contributed by atoms with Crippen LogP contribution in [0.5, 0.6) is 0 Å². The van der Waals surface area contributed by atoms with E-state index in [4.69, 9.17) is 0 Å². The number of anilines is 1. The highest BCUT2D eigenvalue weighted by molar-refractivity contribution is 5.37. The summed E-state index contributed by atoms with van der Waals surface area (Å²) in [6.07, 6.45) is 7.11. The molecule has 0 spiro atoms. The maximum absolute atomic E-state index is 4.47. The second-order valence-corrected chi connectivity index (χ2v) is 7.22. The number of piperidine rings is 1. The molecule has 4 rings (SSSR count). The molecule has 0 bridgehead atoms. The van der Waals surface area contributed by atoms with Crippen molar-refractivity contribution in [1.82, 2.24) is 10.3 Å². The molecule has 3 nitrogen and oxygen atoms in total. The van der Waals surface area contributed by atoms with Gasteiger partial charge in [-0.2, -0.15) is 0 Å². The Hall–Kier alpha value is -1.87. The predicted octanol–water partition coefficient (Wildman–Crippen LogP) is 3.83. The zero-order valence-electron chi connectivity index (χ0n) is 14.3. The zero-order valence-corrected chi connectivity index (χ0v) is 14.3. The smallest absolute Gasteiger partial charge is 0.128 e. The fourth-order valence-corrected chi connectivity index (χ4v) is 3.95. The van der Waals surface area contributed by atoms with E-state index >= 15 is 0 Å². The van der Waals surface area contributed by atoms with Gasteiger partial charge >= 0.3 is 0 Å². The number of aromatic nitrogens is 1. The molecule has 1 saturated carbocycles. The SMILES string of the molecule is c1ccc(C2CC2NCCC2CCN(c3ccccn3)CC2)cc1. The van der Waals surface area contributed by atoms with Gasteiger partial charge in [0.15, 0.2) is 0 Å². The monoisotopic (exact) mass is 321 g/mol. The number of nitrogens with one attached hydrogen (secondary N) is 1. The first-order chi connectivity index (χ1) is 11.9. The average Bonchev–Trinajstić information content (AvgIpc) is 3.43. The van der Waals surface area contributed by atoms with E-state index in [0.717, 1.165) is 30.7 Å². The third kappa shape index (κ3) is 3.78. The minimum atomic E-state index is 0.709. The third-order valence-electron chi connectivity index (χ3n) is 5.57. The van der Waals surface area contributed by atoms with E-state index in [1.165, 1.54) is 37.8 Å². The summed E-state index contributed by atoms with van der Waals surface area (Å²) in [7, 11) is 0. The van der Waals surface area contributed by atoms with Crippen molar-refractivity contribution in [1.29, 1.82) is 0 Å². The Morgan fingerprint density at radius 2 is 1.79 bits per heavy atom. The number of hydrogen-bond acceptors (Lipinski definition) is 3. The third-order valence-corrected chi connectivity index (χ3v) is 5.57. The van der Waals surface area contributed by atoms with Crippen molar-refractivity contribution in [2.45, 2.75) is 37.6 Å². The number of nitrogens with zero attached hydrogens (tertiary/aromatic N) is 2. The van der Waals surface area contributed by atoms with Crippen LogP contribution in [0.15, 0.2) is 54.7 Å². The maximum atomic E-state index is 4.47. The number of pyridine rings is 1. The van der Waals surface area contributed by atoms with Crippen LogP contribution in [-0.4, -0.2) is 30.7 Å². The molecule has 1 N–H and O–H groups in total. The van der Waals surface area contributed by atoms with E-state index in [1.54, 1.807) is 0 Å². The van der Waals surface area contributed by atoms with Crippen LogP contribution in [0.3, 0.4) is 0 Å². The first kappa shape index (κ1) is 15.6. The van der Waals surface area contributed by atoms with Crippen LogP contribution in [0.2, 0.25) is 0 Å². The van der Waals surface area contributed by atoms with Crippen LogP contribution in [-0.2, 0) is 0 Å². The van der Waals surface area contributed by atoms with Crippen LogP contribution in [0, 0.1) is 5.92 Å². The molecule has 2 atom stereocenters. The number of hydrogen-bond donors (Lipinski definition) is 1. The summed E-state index contributed by atoms with van der Waals surface area (Å²) < 4.78 is 0. The van der Waals surface area contributed by atoms with E-state index in [0.29, 0.717) is 6.04 Å². The molecule has 2 fully saturated rings. The van der Waals surface area contributed by atoms with E-state index in [2.05, 4.69) is 57.7 Å². The molecule has 3 heteroatoms. The summed E-state index contributed by atoms with van der Waals surface area (Å²) in [6, 6.07) is 17.8. The summed E-state index contributed by atoms with van der Waals surface area (Å²) in [5, 5.41) is 3.77. The minimum Gasteiger partial charge on any atom is -0.357 e. The van der Waals surface area contributed by atoms with Gasteiger partial charge in [0.05, 0.1) is 0 Å². The Kier molecular flexibility index (Phi) is 4.79. The van der Waals surface area contributed by atoms with Gasteiger partial charge in [-0.05, 0) is 55.8 Å².